The first-order valence-electron chi connectivity index (χ1n) is 9.77. The average molecular weight is 425 g/mol. The van der Waals surface area contributed by atoms with Crippen LogP contribution in [0.25, 0.3) is 11.1 Å². The maximum atomic E-state index is 3.37. The number of hydrogen-bond donors (Lipinski definition) is 0. The van der Waals surface area contributed by atoms with Crippen molar-refractivity contribution >= 4 is 0 Å². The lowest BCUT2D eigenvalue weighted by Gasteiger charge is -2.33. The van der Waals surface area contributed by atoms with Gasteiger partial charge in [0, 0.05) is 0 Å². The molecule has 0 nitrogen and oxygen atoms in total. The highest BCUT2D eigenvalue weighted by Gasteiger charge is 2.52. The normalized spacial score (nSPS) is 19.2. The summed E-state index contributed by atoms with van der Waals surface area (Å²) in [5, 5.41) is 0. The minimum atomic E-state index is -0.193. The molecule has 1 atom stereocenters. The molecule has 0 heteroatoms. The summed E-state index contributed by atoms with van der Waals surface area (Å²) in [5.74, 6) is 0.573. The van der Waals surface area contributed by atoms with Crippen LogP contribution >= 0.6 is 0 Å². The first-order valence-corrected chi connectivity index (χ1v) is 9.77. The molecule has 0 heterocycles. The van der Waals surface area contributed by atoms with Crippen molar-refractivity contribution in [1.29, 1.82) is 0 Å². The van der Waals surface area contributed by atoms with Crippen LogP contribution in [0, 0.1) is 5.92 Å². The van der Waals surface area contributed by atoms with E-state index in [2.05, 4.69) is 91.6 Å². The molecular formula is C32H40. The predicted octanol–water partition coefficient (Wildman–Crippen LogP) is 9.62. The highest BCUT2D eigenvalue weighted by Crippen LogP contribution is 2.63. The fourth-order valence-corrected chi connectivity index (χ4v) is 5.50. The smallest absolute Gasteiger partial charge is 0.0722 e. The third-order valence-electron chi connectivity index (χ3n) is 6.50. The van der Waals surface area contributed by atoms with E-state index in [0.717, 1.165) is 6.42 Å². The first-order chi connectivity index (χ1) is 13.3. The molecule has 0 radical (unpaired) electrons. The number of fused-ring (bicyclic) bond motifs is 8. The van der Waals surface area contributed by atoms with E-state index < -0.39 is 0 Å². The molecule has 168 valence electrons. The molecule has 0 amide bonds. The van der Waals surface area contributed by atoms with Crippen molar-refractivity contribution in [3.63, 3.8) is 0 Å². The summed E-state index contributed by atoms with van der Waals surface area (Å²) in [6.07, 6.45) is 14.6. The van der Waals surface area contributed by atoms with Crippen LogP contribution in [0.3, 0.4) is 0 Å². The summed E-state index contributed by atoms with van der Waals surface area (Å²) in [5.41, 5.74) is 14.5. The van der Waals surface area contributed by atoms with E-state index in [1.165, 1.54) is 44.5 Å². The molecule has 0 saturated heterocycles. The molecule has 0 fully saturated rings. The van der Waals surface area contributed by atoms with Gasteiger partial charge in [-0.3, -0.25) is 0 Å². The molecule has 2 aromatic rings. The minimum Gasteiger partial charge on any atom is -0.120 e. The molecule has 0 N–H and O–H groups in total. The van der Waals surface area contributed by atoms with Crippen LogP contribution in [0.2, 0.25) is 0 Å². The Balaban J connectivity index is 0.00000102. The van der Waals surface area contributed by atoms with Crippen LogP contribution in [-0.4, -0.2) is 0 Å². The fourth-order valence-electron chi connectivity index (χ4n) is 5.50. The molecular weight excluding hydrogens is 384 g/mol. The number of rotatable bonds is 0. The molecule has 4 aliphatic carbocycles. The Morgan fingerprint density at radius 1 is 0.781 bits per heavy atom. The van der Waals surface area contributed by atoms with Crippen LogP contribution in [0.4, 0.5) is 0 Å². The summed E-state index contributed by atoms with van der Waals surface area (Å²) in [4.78, 5) is 0. The largest absolute Gasteiger partial charge is 0.120 e. The monoisotopic (exact) mass is 424 g/mol. The zero-order valence-electron chi connectivity index (χ0n) is 15.4. The van der Waals surface area contributed by atoms with Gasteiger partial charge in [-0.05, 0) is 69.0 Å². The highest BCUT2D eigenvalue weighted by atomic mass is 14.5. The Hall–Kier alpha value is -3.08. The molecule has 0 saturated carbocycles. The van der Waals surface area contributed by atoms with Crippen molar-refractivity contribution in [3.05, 3.63) is 124 Å². The predicted molar refractivity (Wildman–Crippen MR) is 145 cm³/mol. The Morgan fingerprint density at radius 3 is 2.00 bits per heavy atom. The fraction of sp³-hybridized carbons (Fsp3) is 0.281. The molecule has 32 heavy (non-hydrogen) atoms. The topological polar surface area (TPSA) is 0 Å². The van der Waals surface area contributed by atoms with Crippen LogP contribution < -0.4 is 0 Å². The van der Waals surface area contributed by atoms with Gasteiger partial charge >= 0.3 is 0 Å². The zero-order chi connectivity index (χ0) is 18.0. The van der Waals surface area contributed by atoms with Crippen LogP contribution in [0.15, 0.2) is 113 Å². The Morgan fingerprint density at radius 2 is 1.38 bits per heavy atom. The lowest BCUT2D eigenvalue weighted by atomic mass is 9.67. The highest BCUT2D eigenvalue weighted by molar-refractivity contribution is 5.90. The SMILES string of the molecule is C.C.C.C.C.CC1C=CC2=C(C1)C1=C(C=CC=C=C1)C21c2ccccc2-c2ccccc21. The van der Waals surface area contributed by atoms with Crippen molar-refractivity contribution in [2.45, 2.75) is 55.9 Å². The van der Waals surface area contributed by atoms with Crippen molar-refractivity contribution in [3.8, 4) is 11.1 Å². The van der Waals surface area contributed by atoms with Gasteiger partial charge in [-0.2, -0.15) is 0 Å². The Bertz CT molecular complexity index is 1140. The lowest BCUT2D eigenvalue weighted by molar-refractivity contribution is 0.690. The second-order valence-electron chi connectivity index (χ2n) is 7.94. The lowest BCUT2D eigenvalue weighted by Crippen LogP contribution is -2.28. The van der Waals surface area contributed by atoms with E-state index in [1.54, 1.807) is 0 Å². The summed E-state index contributed by atoms with van der Waals surface area (Å²) in [7, 11) is 0. The molecule has 4 aliphatic rings. The average Bonchev–Trinajstić information content (AvgIpc) is 2.99. The van der Waals surface area contributed by atoms with E-state index in [9.17, 15) is 0 Å². The Labute approximate surface area is 197 Å². The maximum absolute atomic E-state index is 3.37. The van der Waals surface area contributed by atoms with Gasteiger partial charge in [0.25, 0.3) is 0 Å². The second-order valence-corrected chi connectivity index (χ2v) is 7.94. The van der Waals surface area contributed by atoms with Crippen molar-refractivity contribution in [1.82, 2.24) is 0 Å². The van der Waals surface area contributed by atoms with Crippen molar-refractivity contribution < 1.29 is 0 Å². The molecule has 1 unspecified atom stereocenters. The molecule has 2 aromatic carbocycles. The van der Waals surface area contributed by atoms with E-state index in [1.807, 2.05) is 6.08 Å². The van der Waals surface area contributed by atoms with Gasteiger partial charge in [-0.1, -0.05) is 117 Å². The zero-order valence-corrected chi connectivity index (χ0v) is 15.4. The van der Waals surface area contributed by atoms with Crippen molar-refractivity contribution in [2.24, 2.45) is 5.92 Å². The first kappa shape index (κ1) is 27.0. The van der Waals surface area contributed by atoms with Gasteiger partial charge in [-0.25, -0.2) is 0 Å². The Kier molecular flexibility index (Phi) is 8.08. The molecule has 0 aliphatic heterocycles. The van der Waals surface area contributed by atoms with Gasteiger partial charge < -0.3 is 0 Å². The number of hydrogen-bond acceptors (Lipinski definition) is 0. The van der Waals surface area contributed by atoms with E-state index in [4.69, 9.17) is 0 Å². The summed E-state index contributed by atoms with van der Waals surface area (Å²) >= 11 is 0. The third-order valence-corrected chi connectivity index (χ3v) is 6.50. The minimum absolute atomic E-state index is 0. The molecule has 6 rings (SSSR count). The second kappa shape index (κ2) is 9.60. The van der Waals surface area contributed by atoms with Crippen molar-refractivity contribution in [2.75, 3.05) is 0 Å². The molecule has 0 aromatic heterocycles. The molecule has 0 bridgehead atoms. The van der Waals surface area contributed by atoms with Crippen LogP contribution in [-0.2, 0) is 5.41 Å². The standard InChI is InChI=1S/C27H20.5CH4/c1-18-15-16-26-22(17-18)21-9-3-2-4-12-25(21)27(26)23-13-7-5-10-19(23)20-11-6-8-14-24(20)27;;;;;/h2,4-16,18H,17H2,1H3;5*1H4. The molecule has 1 spiro atoms. The number of allylic oxidation sites excluding steroid dienone is 9. The summed E-state index contributed by atoms with van der Waals surface area (Å²) in [6, 6.07) is 17.9. The quantitative estimate of drug-likeness (QED) is 0.369. The van der Waals surface area contributed by atoms with E-state index >= 15 is 0 Å². The van der Waals surface area contributed by atoms with E-state index in [0.29, 0.717) is 5.92 Å². The maximum Gasteiger partial charge on any atom is 0.0722 e. The van der Waals surface area contributed by atoms with Gasteiger partial charge in [0.2, 0.25) is 0 Å². The summed E-state index contributed by atoms with van der Waals surface area (Å²) in [6.45, 7) is 2.31. The van der Waals surface area contributed by atoms with E-state index in [-0.39, 0.29) is 42.5 Å². The van der Waals surface area contributed by atoms with Gasteiger partial charge in [-0.15, -0.1) is 5.73 Å². The van der Waals surface area contributed by atoms with Gasteiger partial charge in [0.1, 0.15) is 0 Å². The van der Waals surface area contributed by atoms with Gasteiger partial charge in [0.05, 0.1) is 5.41 Å². The third kappa shape index (κ3) is 3.14. The van der Waals surface area contributed by atoms with Crippen LogP contribution in [0.5, 0.6) is 0 Å². The van der Waals surface area contributed by atoms with Gasteiger partial charge in [0.15, 0.2) is 0 Å². The summed E-state index contributed by atoms with van der Waals surface area (Å²) < 4.78 is 0. The van der Waals surface area contributed by atoms with Crippen LogP contribution in [0.1, 0.15) is 61.6 Å². The number of benzene rings is 2.